The summed E-state index contributed by atoms with van der Waals surface area (Å²) in [6, 6.07) is 6.04. The predicted molar refractivity (Wildman–Crippen MR) is 90.5 cm³/mol. The summed E-state index contributed by atoms with van der Waals surface area (Å²) in [5, 5.41) is 0. The molecule has 2 rings (SSSR count). The van der Waals surface area contributed by atoms with Crippen molar-refractivity contribution in [1.29, 1.82) is 0 Å². The van der Waals surface area contributed by atoms with Gasteiger partial charge in [0, 0.05) is 17.4 Å². The molecule has 0 spiro atoms. The quantitative estimate of drug-likeness (QED) is 0.789. The van der Waals surface area contributed by atoms with Gasteiger partial charge in [-0.2, -0.15) is 11.8 Å². The number of hydrogen-bond donors (Lipinski definition) is 1. The smallest absolute Gasteiger partial charge is 0.178 e. The maximum atomic E-state index is 5.50. The van der Waals surface area contributed by atoms with Crippen LogP contribution in [0.3, 0.4) is 0 Å². The van der Waals surface area contributed by atoms with E-state index in [0.29, 0.717) is 0 Å². The van der Waals surface area contributed by atoms with Crippen LogP contribution >= 0.6 is 24.0 Å². The number of H-pyrrole nitrogens is 1. The van der Waals surface area contributed by atoms with Gasteiger partial charge in [0.25, 0.3) is 0 Å². The highest BCUT2D eigenvalue weighted by molar-refractivity contribution is 8.00. The number of aromatic nitrogens is 2. The molecular weight excluding hydrogens is 288 g/mol. The van der Waals surface area contributed by atoms with Gasteiger partial charge in [0.1, 0.15) is 5.75 Å². The molecule has 0 bridgehead atoms. The van der Waals surface area contributed by atoms with Crippen LogP contribution in [0.5, 0.6) is 5.75 Å². The van der Waals surface area contributed by atoms with Gasteiger partial charge in [-0.25, -0.2) is 0 Å². The highest BCUT2D eigenvalue weighted by atomic mass is 32.2. The molecule has 0 aliphatic heterocycles. The molecule has 0 saturated carbocycles. The molecule has 0 unspecified atom stereocenters. The maximum Gasteiger partial charge on any atom is 0.178 e. The zero-order chi connectivity index (χ0) is 14.8. The molecule has 1 heterocycles. The predicted octanol–water partition coefficient (Wildman–Crippen LogP) is 4.63. The van der Waals surface area contributed by atoms with E-state index in [1.807, 2.05) is 23.9 Å². The Kier molecular flexibility index (Phi) is 4.81. The van der Waals surface area contributed by atoms with Gasteiger partial charge in [0.15, 0.2) is 4.77 Å². The van der Waals surface area contributed by atoms with E-state index in [9.17, 15) is 0 Å². The number of imidazole rings is 1. The van der Waals surface area contributed by atoms with Crippen LogP contribution in [0.1, 0.15) is 26.7 Å². The first kappa shape index (κ1) is 15.4. The molecule has 0 fully saturated rings. The largest absolute Gasteiger partial charge is 0.497 e. The Hall–Kier alpha value is -0.940. The van der Waals surface area contributed by atoms with Crippen molar-refractivity contribution < 1.29 is 4.74 Å². The van der Waals surface area contributed by atoms with Crippen LogP contribution in [0.15, 0.2) is 18.2 Å². The number of methoxy groups -OCH3 is 1. The van der Waals surface area contributed by atoms with Crippen molar-refractivity contribution in [3.8, 4) is 5.75 Å². The maximum absolute atomic E-state index is 5.50. The van der Waals surface area contributed by atoms with Crippen LogP contribution < -0.4 is 4.74 Å². The Morgan fingerprint density at radius 3 is 2.60 bits per heavy atom. The fraction of sp³-hybridized carbons (Fsp3) is 0.533. The number of ether oxygens (including phenoxy) is 1. The number of aromatic amines is 1. The van der Waals surface area contributed by atoms with E-state index in [-0.39, 0.29) is 4.75 Å². The lowest BCUT2D eigenvalue weighted by atomic mass is 10.0. The number of benzene rings is 1. The highest BCUT2D eigenvalue weighted by Gasteiger charge is 2.26. The van der Waals surface area contributed by atoms with Gasteiger partial charge in [-0.15, -0.1) is 0 Å². The van der Waals surface area contributed by atoms with Crippen molar-refractivity contribution in [2.75, 3.05) is 13.4 Å². The van der Waals surface area contributed by atoms with E-state index in [0.717, 1.165) is 40.9 Å². The van der Waals surface area contributed by atoms with E-state index in [1.54, 1.807) is 7.11 Å². The molecule has 0 atom stereocenters. The fourth-order valence-corrected chi connectivity index (χ4v) is 3.64. The average molecular weight is 310 g/mol. The van der Waals surface area contributed by atoms with Crippen molar-refractivity contribution in [3.63, 3.8) is 0 Å². The third kappa shape index (κ3) is 2.74. The van der Waals surface area contributed by atoms with Crippen molar-refractivity contribution in [1.82, 2.24) is 9.55 Å². The lowest BCUT2D eigenvalue weighted by Crippen LogP contribution is -2.29. The van der Waals surface area contributed by atoms with Crippen LogP contribution in [0, 0.1) is 4.77 Å². The van der Waals surface area contributed by atoms with Gasteiger partial charge < -0.3 is 14.3 Å². The summed E-state index contributed by atoms with van der Waals surface area (Å²) < 4.78 is 8.55. The number of thioether (sulfide) groups is 1. The van der Waals surface area contributed by atoms with Crippen LogP contribution in [0.4, 0.5) is 0 Å². The molecule has 5 heteroatoms. The number of hydrogen-bond acceptors (Lipinski definition) is 3. The van der Waals surface area contributed by atoms with Gasteiger partial charge in [0.05, 0.1) is 18.1 Å². The minimum absolute atomic E-state index is 0.233. The minimum Gasteiger partial charge on any atom is -0.497 e. The molecule has 2 aromatic rings. The Bertz CT molecular complexity index is 633. The number of fused-ring (bicyclic) bond motifs is 1. The summed E-state index contributed by atoms with van der Waals surface area (Å²) in [5.74, 6) is 0.864. The molecular formula is C15H22N2OS2. The molecule has 0 aliphatic rings. The summed E-state index contributed by atoms with van der Waals surface area (Å²) in [4.78, 5) is 3.29. The third-order valence-electron chi connectivity index (χ3n) is 4.15. The summed E-state index contributed by atoms with van der Waals surface area (Å²) in [6.07, 6.45) is 4.44. The Labute approximate surface area is 129 Å². The Balaban J connectivity index is 2.53. The third-order valence-corrected chi connectivity index (χ3v) is 6.05. The molecule has 0 amide bonds. The number of rotatable bonds is 6. The summed E-state index contributed by atoms with van der Waals surface area (Å²) in [7, 11) is 1.69. The van der Waals surface area contributed by atoms with Crippen molar-refractivity contribution in [3.05, 3.63) is 23.0 Å². The SMILES string of the molecule is CCC(CC)(Cn1c(=S)[nH]c2ccc(OC)cc21)SC. The zero-order valence-corrected chi connectivity index (χ0v) is 14.2. The molecule has 1 aromatic carbocycles. The lowest BCUT2D eigenvalue weighted by molar-refractivity contribution is 0.415. The summed E-state index contributed by atoms with van der Waals surface area (Å²) >= 11 is 7.43. The van der Waals surface area contributed by atoms with Crippen LogP contribution in [0.2, 0.25) is 0 Å². The monoisotopic (exact) mass is 310 g/mol. The van der Waals surface area contributed by atoms with Crippen LogP contribution in [-0.2, 0) is 6.54 Å². The molecule has 1 aromatic heterocycles. The van der Waals surface area contributed by atoms with Crippen molar-refractivity contribution in [2.45, 2.75) is 38.0 Å². The van der Waals surface area contributed by atoms with Crippen LogP contribution in [0.25, 0.3) is 11.0 Å². The molecule has 0 aliphatic carbocycles. The molecule has 20 heavy (non-hydrogen) atoms. The summed E-state index contributed by atoms with van der Waals surface area (Å²) in [5.41, 5.74) is 2.19. The standard InChI is InChI=1S/C15H22N2OS2/c1-5-15(6-2,20-4)10-17-13-9-11(18-3)7-8-12(13)16-14(17)19/h7-9H,5-6,10H2,1-4H3,(H,16,19). The van der Waals surface area contributed by atoms with E-state index in [4.69, 9.17) is 17.0 Å². The highest BCUT2D eigenvalue weighted by Crippen LogP contribution is 2.34. The van der Waals surface area contributed by atoms with Gasteiger partial charge in [-0.05, 0) is 43.4 Å². The molecule has 0 radical (unpaired) electrons. The summed E-state index contributed by atoms with van der Waals surface area (Å²) in [6.45, 7) is 5.42. The second-order valence-electron chi connectivity index (χ2n) is 4.99. The van der Waals surface area contributed by atoms with Crippen LogP contribution in [-0.4, -0.2) is 27.7 Å². The number of nitrogens with zero attached hydrogens (tertiary/aromatic N) is 1. The molecule has 110 valence electrons. The lowest BCUT2D eigenvalue weighted by Gasteiger charge is -2.30. The molecule has 0 saturated heterocycles. The Morgan fingerprint density at radius 1 is 1.35 bits per heavy atom. The van der Waals surface area contributed by atoms with Crippen molar-refractivity contribution >= 4 is 35.0 Å². The number of nitrogens with one attached hydrogen (secondary N) is 1. The van der Waals surface area contributed by atoms with E-state index >= 15 is 0 Å². The van der Waals surface area contributed by atoms with Gasteiger partial charge in [0.2, 0.25) is 0 Å². The van der Waals surface area contributed by atoms with Gasteiger partial charge in [-0.3, -0.25) is 0 Å². The first-order valence-corrected chi connectivity index (χ1v) is 8.54. The van der Waals surface area contributed by atoms with E-state index < -0.39 is 0 Å². The average Bonchev–Trinajstić information content (AvgIpc) is 2.79. The van der Waals surface area contributed by atoms with Crippen molar-refractivity contribution in [2.24, 2.45) is 0 Å². The fourth-order valence-electron chi connectivity index (χ4n) is 2.53. The molecule has 1 N–H and O–H groups in total. The molecule has 3 nitrogen and oxygen atoms in total. The minimum atomic E-state index is 0.233. The second-order valence-corrected chi connectivity index (χ2v) is 6.65. The topological polar surface area (TPSA) is 29.9 Å². The van der Waals surface area contributed by atoms with E-state index in [2.05, 4.69) is 35.7 Å². The first-order valence-electron chi connectivity index (χ1n) is 6.91. The van der Waals surface area contributed by atoms with Gasteiger partial charge in [-0.1, -0.05) is 13.8 Å². The second kappa shape index (κ2) is 6.22. The Morgan fingerprint density at radius 2 is 2.05 bits per heavy atom. The van der Waals surface area contributed by atoms with E-state index in [1.165, 1.54) is 0 Å². The normalized spacial score (nSPS) is 12.0. The zero-order valence-electron chi connectivity index (χ0n) is 12.5. The van der Waals surface area contributed by atoms with Gasteiger partial charge >= 0.3 is 0 Å². The first-order chi connectivity index (χ1) is 9.59.